The highest BCUT2D eigenvalue weighted by molar-refractivity contribution is 5.97. The van der Waals surface area contributed by atoms with Gasteiger partial charge >= 0.3 is 0 Å². The van der Waals surface area contributed by atoms with Crippen LogP contribution in [-0.4, -0.2) is 48.9 Å². The fraction of sp³-hybridized carbons (Fsp3) is 0.500. The second kappa shape index (κ2) is 7.13. The molecule has 2 aliphatic heterocycles. The van der Waals surface area contributed by atoms with E-state index < -0.39 is 0 Å². The molecule has 0 radical (unpaired) electrons. The van der Waals surface area contributed by atoms with Crippen LogP contribution < -0.4 is 15.0 Å². The molecule has 2 aliphatic rings. The summed E-state index contributed by atoms with van der Waals surface area (Å²) in [6.45, 7) is 5.27. The first-order valence-electron chi connectivity index (χ1n) is 8.57. The summed E-state index contributed by atoms with van der Waals surface area (Å²) in [4.78, 5) is 39.1. The quantitative estimate of drug-likeness (QED) is 0.884. The van der Waals surface area contributed by atoms with Gasteiger partial charge in [-0.25, -0.2) is 0 Å². The van der Waals surface area contributed by atoms with Crippen LogP contribution in [-0.2, 0) is 14.4 Å². The lowest BCUT2D eigenvalue weighted by Gasteiger charge is -2.31. The number of hydrogen-bond donors (Lipinski definition) is 1. The van der Waals surface area contributed by atoms with Crippen molar-refractivity contribution in [1.29, 1.82) is 0 Å². The van der Waals surface area contributed by atoms with Gasteiger partial charge in [0.2, 0.25) is 17.7 Å². The molecule has 7 heteroatoms. The molecule has 3 amide bonds. The van der Waals surface area contributed by atoms with Gasteiger partial charge in [-0.15, -0.1) is 0 Å². The molecule has 0 atom stereocenters. The summed E-state index contributed by atoms with van der Waals surface area (Å²) in [5, 5.41) is 2.93. The Hall–Kier alpha value is -2.57. The maximum absolute atomic E-state index is 12.5. The zero-order chi connectivity index (χ0) is 18.0. The number of benzene rings is 1. The Morgan fingerprint density at radius 2 is 1.80 bits per heavy atom. The maximum atomic E-state index is 12.5. The molecule has 0 saturated carbocycles. The van der Waals surface area contributed by atoms with Crippen LogP contribution in [0.3, 0.4) is 0 Å². The molecule has 0 unspecified atom stereocenters. The van der Waals surface area contributed by atoms with Gasteiger partial charge in [-0.3, -0.25) is 14.4 Å². The number of nitrogens with zero attached hydrogens (tertiary/aromatic N) is 2. The van der Waals surface area contributed by atoms with Crippen molar-refractivity contribution in [2.75, 3.05) is 36.5 Å². The molecule has 1 fully saturated rings. The molecule has 7 nitrogen and oxygen atoms in total. The number of anilines is 2. The van der Waals surface area contributed by atoms with Crippen molar-refractivity contribution in [3.05, 3.63) is 18.2 Å². The van der Waals surface area contributed by atoms with Gasteiger partial charge in [0.1, 0.15) is 12.4 Å². The molecule has 0 bridgehead atoms. The SMILES string of the molecule is CC(=O)N1CCC(C(=O)Nc2ccc3c(c2)N(C(C)=O)CCO3)CC1. The molecule has 3 rings (SSSR count). The minimum absolute atomic E-state index is 0.0470. The van der Waals surface area contributed by atoms with Crippen molar-refractivity contribution in [2.45, 2.75) is 26.7 Å². The minimum atomic E-state index is -0.105. The summed E-state index contributed by atoms with van der Waals surface area (Å²) in [5.41, 5.74) is 1.33. The fourth-order valence-corrected chi connectivity index (χ4v) is 3.32. The highest BCUT2D eigenvalue weighted by Crippen LogP contribution is 2.34. The highest BCUT2D eigenvalue weighted by Gasteiger charge is 2.27. The van der Waals surface area contributed by atoms with Gasteiger partial charge in [0, 0.05) is 38.5 Å². The number of carbonyl (C=O) groups is 3. The zero-order valence-corrected chi connectivity index (χ0v) is 14.6. The van der Waals surface area contributed by atoms with E-state index in [1.54, 1.807) is 34.9 Å². The van der Waals surface area contributed by atoms with Gasteiger partial charge in [0.15, 0.2) is 0 Å². The molecule has 1 saturated heterocycles. The van der Waals surface area contributed by atoms with Crippen LogP contribution in [0, 0.1) is 5.92 Å². The van der Waals surface area contributed by atoms with E-state index in [-0.39, 0.29) is 23.6 Å². The highest BCUT2D eigenvalue weighted by atomic mass is 16.5. The van der Waals surface area contributed by atoms with Crippen molar-refractivity contribution >= 4 is 29.1 Å². The molecule has 1 aromatic rings. The van der Waals surface area contributed by atoms with Crippen LogP contribution in [0.4, 0.5) is 11.4 Å². The van der Waals surface area contributed by atoms with Gasteiger partial charge < -0.3 is 19.9 Å². The molecule has 0 spiro atoms. The Kier molecular flexibility index (Phi) is 4.92. The normalized spacial score (nSPS) is 17.5. The Labute approximate surface area is 146 Å². The molecule has 25 heavy (non-hydrogen) atoms. The third-order valence-electron chi connectivity index (χ3n) is 4.78. The lowest BCUT2D eigenvalue weighted by atomic mass is 9.96. The average molecular weight is 345 g/mol. The van der Waals surface area contributed by atoms with E-state index in [0.717, 1.165) is 0 Å². The van der Waals surface area contributed by atoms with Gasteiger partial charge in [-0.2, -0.15) is 0 Å². The van der Waals surface area contributed by atoms with Crippen LogP contribution in [0.5, 0.6) is 5.75 Å². The van der Waals surface area contributed by atoms with E-state index in [1.807, 2.05) is 0 Å². The minimum Gasteiger partial charge on any atom is -0.490 e. The molecule has 0 aliphatic carbocycles. The molecule has 2 heterocycles. The topological polar surface area (TPSA) is 79.0 Å². The summed E-state index contributed by atoms with van der Waals surface area (Å²) in [7, 11) is 0. The Balaban J connectivity index is 1.67. The van der Waals surface area contributed by atoms with E-state index in [4.69, 9.17) is 4.74 Å². The predicted octanol–water partition coefficient (Wildman–Crippen LogP) is 1.63. The fourth-order valence-electron chi connectivity index (χ4n) is 3.32. The maximum Gasteiger partial charge on any atom is 0.227 e. The molecule has 1 aromatic carbocycles. The third-order valence-corrected chi connectivity index (χ3v) is 4.78. The predicted molar refractivity (Wildman–Crippen MR) is 93.6 cm³/mol. The summed E-state index contributed by atoms with van der Waals surface area (Å²) in [5.74, 6) is 0.498. The lowest BCUT2D eigenvalue weighted by molar-refractivity contribution is -0.132. The van der Waals surface area contributed by atoms with Crippen LogP contribution >= 0.6 is 0 Å². The number of fused-ring (bicyclic) bond motifs is 1. The van der Waals surface area contributed by atoms with E-state index in [9.17, 15) is 14.4 Å². The van der Waals surface area contributed by atoms with Crippen molar-refractivity contribution in [3.8, 4) is 5.75 Å². The van der Waals surface area contributed by atoms with Crippen molar-refractivity contribution in [2.24, 2.45) is 5.92 Å². The summed E-state index contributed by atoms with van der Waals surface area (Å²) in [6, 6.07) is 5.34. The second-order valence-corrected chi connectivity index (χ2v) is 6.47. The number of nitrogens with one attached hydrogen (secondary N) is 1. The lowest BCUT2D eigenvalue weighted by Crippen LogP contribution is -2.40. The summed E-state index contributed by atoms with van der Waals surface area (Å²) >= 11 is 0. The number of amides is 3. The largest absolute Gasteiger partial charge is 0.490 e. The van der Waals surface area contributed by atoms with Crippen molar-refractivity contribution < 1.29 is 19.1 Å². The van der Waals surface area contributed by atoms with Crippen LogP contribution in [0.15, 0.2) is 18.2 Å². The standard InChI is InChI=1S/C18H23N3O4/c1-12(22)20-7-5-14(6-8-20)18(24)19-15-3-4-17-16(11-15)21(13(2)23)9-10-25-17/h3-4,11,14H,5-10H2,1-2H3,(H,19,24). The second-order valence-electron chi connectivity index (χ2n) is 6.47. The Bertz CT molecular complexity index is 696. The number of carbonyl (C=O) groups excluding carboxylic acids is 3. The first-order chi connectivity index (χ1) is 12.0. The number of piperidine rings is 1. The van der Waals surface area contributed by atoms with Crippen LogP contribution in [0.25, 0.3) is 0 Å². The van der Waals surface area contributed by atoms with Gasteiger partial charge in [0.25, 0.3) is 0 Å². The van der Waals surface area contributed by atoms with Gasteiger partial charge in [0.05, 0.1) is 12.2 Å². The zero-order valence-electron chi connectivity index (χ0n) is 14.6. The number of hydrogen-bond acceptors (Lipinski definition) is 4. The first kappa shape index (κ1) is 17.3. The molecular formula is C18H23N3O4. The number of ether oxygens (including phenoxy) is 1. The van der Waals surface area contributed by atoms with E-state index >= 15 is 0 Å². The Morgan fingerprint density at radius 1 is 1.08 bits per heavy atom. The monoisotopic (exact) mass is 345 g/mol. The van der Waals surface area contributed by atoms with Crippen LogP contribution in [0.2, 0.25) is 0 Å². The molecule has 134 valence electrons. The van der Waals surface area contributed by atoms with Crippen molar-refractivity contribution in [1.82, 2.24) is 4.90 Å². The van der Waals surface area contributed by atoms with E-state index in [2.05, 4.69) is 5.32 Å². The smallest absolute Gasteiger partial charge is 0.227 e. The first-order valence-corrected chi connectivity index (χ1v) is 8.57. The third kappa shape index (κ3) is 3.75. The van der Waals surface area contributed by atoms with Gasteiger partial charge in [-0.1, -0.05) is 0 Å². The van der Waals surface area contributed by atoms with Crippen LogP contribution in [0.1, 0.15) is 26.7 Å². The van der Waals surface area contributed by atoms with E-state index in [0.29, 0.717) is 56.2 Å². The summed E-state index contributed by atoms with van der Waals surface area (Å²) in [6.07, 6.45) is 1.33. The average Bonchev–Trinajstić information content (AvgIpc) is 2.61. The van der Waals surface area contributed by atoms with Gasteiger partial charge in [-0.05, 0) is 31.0 Å². The molecular weight excluding hydrogens is 322 g/mol. The van der Waals surface area contributed by atoms with Crippen molar-refractivity contribution in [3.63, 3.8) is 0 Å². The number of likely N-dealkylation sites (tertiary alicyclic amines) is 1. The summed E-state index contributed by atoms with van der Waals surface area (Å²) < 4.78 is 5.57. The number of rotatable bonds is 2. The Morgan fingerprint density at radius 3 is 2.44 bits per heavy atom. The molecule has 1 N–H and O–H groups in total. The molecule has 0 aromatic heterocycles. The van der Waals surface area contributed by atoms with E-state index in [1.165, 1.54) is 6.92 Å².